The number of hydrogen-bond acceptors (Lipinski definition) is 4. The molecule has 1 amide bonds. The molecule has 0 radical (unpaired) electrons. The van der Waals surface area contributed by atoms with Crippen LogP contribution in [0.25, 0.3) is 0 Å². The van der Waals surface area contributed by atoms with Gasteiger partial charge in [-0.2, -0.15) is 5.10 Å². The Hall–Kier alpha value is -3.15. The average molecular weight is 336 g/mol. The van der Waals surface area contributed by atoms with Crippen molar-refractivity contribution in [2.75, 3.05) is 5.32 Å². The largest absolute Gasteiger partial charge is 0.487 e. The summed E-state index contributed by atoms with van der Waals surface area (Å²) in [6, 6.07) is 15.2. The molecule has 0 spiro atoms. The molecule has 0 aliphatic carbocycles. The minimum Gasteiger partial charge on any atom is -0.487 e. The number of benzene rings is 2. The topological polar surface area (TPSA) is 69.0 Å². The van der Waals surface area contributed by atoms with Crippen molar-refractivity contribution in [3.05, 3.63) is 72.3 Å². The predicted molar refractivity (Wildman–Crippen MR) is 95.3 cm³/mol. The number of aryl methyl sites for hydroxylation is 1. The summed E-state index contributed by atoms with van der Waals surface area (Å²) in [6.07, 6.45) is 2.93. The molecule has 1 aromatic heterocycles. The molecule has 0 saturated heterocycles. The number of anilines is 1. The van der Waals surface area contributed by atoms with Crippen molar-refractivity contribution in [1.82, 2.24) is 14.8 Å². The third-order valence-electron chi connectivity index (χ3n) is 3.84. The number of hydrogen-bond donors (Lipinski definition) is 1. The molecule has 1 atom stereocenters. The van der Waals surface area contributed by atoms with Gasteiger partial charge in [-0.1, -0.05) is 36.4 Å². The number of nitrogens with zero attached hydrogens (tertiary/aromatic N) is 3. The van der Waals surface area contributed by atoms with Gasteiger partial charge in [0.25, 0.3) is 0 Å². The van der Waals surface area contributed by atoms with Crippen LogP contribution in [-0.2, 0) is 11.4 Å². The fraction of sp³-hybridized carbons (Fsp3) is 0.211. The number of nitrogens with one attached hydrogen (secondary N) is 1. The summed E-state index contributed by atoms with van der Waals surface area (Å²) >= 11 is 0. The van der Waals surface area contributed by atoms with Gasteiger partial charge in [0.2, 0.25) is 5.91 Å². The van der Waals surface area contributed by atoms with Crippen LogP contribution in [0.15, 0.2) is 61.2 Å². The maximum absolute atomic E-state index is 12.5. The van der Waals surface area contributed by atoms with Crippen LogP contribution in [0.4, 0.5) is 5.69 Å². The molecule has 0 fully saturated rings. The summed E-state index contributed by atoms with van der Waals surface area (Å²) in [5.41, 5.74) is 2.75. The van der Waals surface area contributed by atoms with E-state index in [2.05, 4.69) is 15.4 Å². The Labute approximate surface area is 146 Å². The molecular weight excluding hydrogens is 316 g/mol. The van der Waals surface area contributed by atoms with Gasteiger partial charge in [0.1, 0.15) is 31.1 Å². The van der Waals surface area contributed by atoms with Gasteiger partial charge < -0.3 is 10.1 Å². The van der Waals surface area contributed by atoms with Gasteiger partial charge in [0, 0.05) is 0 Å². The number of carbonyl (C=O) groups is 1. The highest BCUT2D eigenvalue weighted by Gasteiger charge is 2.17. The Morgan fingerprint density at radius 1 is 1.24 bits per heavy atom. The molecule has 2 aromatic carbocycles. The Balaban J connectivity index is 1.73. The van der Waals surface area contributed by atoms with Crippen LogP contribution >= 0.6 is 0 Å². The van der Waals surface area contributed by atoms with Gasteiger partial charge in [0.15, 0.2) is 0 Å². The SMILES string of the molecule is Cc1ccc(OCc2ccccc2)c(NC(=O)[C@H](C)n2cncn2)c1. The van der Waals surface area contributed by atoms with E-state index in [1.54, 1.807) is 6.92 Å². The summed E-state index contributed by atoms with van der Waals surface area (Å²) < 4.78 is 7.41. The van der Waals surface area contributed by atoms with E-state index in [4.69, 9.17) is 4.74 Å². The molecule has 0 saturated carbocycles. The molecule has 0 unspecified atom stereocenters. The summed E-state index contributed by atoms with van der Waals surface area (Å²) in [6.45, 7) is 4.17. The van der Waals surface area contributed by atoms with Crippen molar-refractivity contribution in [2.24, 2.45) is 0 Å². The van der Waals surface area contributed by atoms with Crippen LogP contribution in [0.1, 0.15) is 24.1 Å². The molecular formula is C19H20N4O2. The number of amides is 1. The van der Waals surface area contributed by atoms with Crippen LogP contribution in [0.3, 0.4) is 0 Å². The van der Waals surface area contributed by atoms with Crippen molar-refractivity contribution in [3.63, 3.8) is 0 Å². The van der Waals surface area contributed by atoms with Crippen molar-refractivity contribution in [1.29, 1.82) is 0 Å². The van der Waals surface area contributed by atoms with Gasteiger partial charge in [0.05, 0.1) is 5.69 Å². The molecule has 3 aromatic rings. The summed E-state index contributed by atoms with van der Waals surface area (Å²) in [5, 5.41) is 6.93. The molecule has 0 aliphatic rings. The normalized spacial score (nSPS) is 11.8. The fourth-order valence-corrected chi connectivity index (χ4v) is 2.38. The van der Waals surface area contributed by atoms with Crippen molar-refractivity contribution in [3.8, 4) is 5.75 Å². The maximum Gasteiger partial charge on any atom is 0.249 e. The van der Waals surface area contributed by atoms with Gasteiger partial charge in [-0.3, -0.25) is 4.79 Å². The Morgan fingerprint density at radius 2 is 2.04 bits per heavy atom. The van der Waals surface area contributed by atoms with Crippen molar-refractivity contribution >= 4 is 11.6 Å². The molecule has 3 rings (SSSR count). The number of carbonyl (C=O) groups excluding carboxylic acids is 1. The second kappa shape index (κ2) is 7.61. The molecule has 128 valence electrons. The molecule has 0 bridgehead atoms. The Morgan fingerprint density at radius 3 is 2.76 bits per heavy atom. The minimum atomic E-state index is -0.468. The molecule has 1 N–H and O–H groups in total. The first-order valence-corrected chi connectivity index (χ1v) is 8.06. The Kier molecular flexibility index (Phi) is 5.09. The molecule has 6 nitrogen and oxygen atoms in total. The first-order chi connectivity index (χ1) is 12.1. The zero-order valence-corrected chi connectivity index (χ0v) is 14.2. The first kappa shape index (κ1) is 16.7. The lowest BCUT2D eigenvalue weighted by atomic mass is 10.2. The van der Waals surface area contributed by atoms with Crippen LogP contribution in [0, 0.1) is 6.92 Å². The molecule has 0 aliphatic heterocycles. The van der Waals surface area contributed by atoms with E-state index in [0.717, 1.165) is 11.1 Å². The van der Waals surface area contributed by atoms with Crippen LogP contribution in [0.2, 0.25) is 0 Å². The third kappa shape index (κ3) is 4.23. The van der Waals surface area contributed by atoms with E-state index >= 15 is 0 Å². The van der Waals surface area contributed by atoms with E-state index in [1.807, 2.05) is 55.5 Å². The van der Waals surface area contributed by atoms with Gasteiger partial charge in [-0.05, 0) is 37.1 Å². The van der Waals surface area contributed by atoms with Crippen molar-refractivity contribution in [2.45, 2.75) is 26.5 Å². The van der Waals surface area contributed by atoms with E-state index in [9.17, 15) is 4.79 Å². The zero-order chi connectivity index (χ0) is 17.6. The number of ether oxygens (including phenoxy) is 1. The maximum atomic E-state index is 12.5. The highest BCUT2D eigenvalue weighted by molar-refractivity contribution is 5.94. The van der Waals surface area contributed by atoms with Gasteiger partial charge in [-0.15, -0.1) is 0 Å². The first-order valence-electron chi connectivity index (χ1n) is 8.06. The highest BCUT2D eigenvalue weighted by atomic mass is 16.5. The smallest absolute Gasteiger partial charge is 0.249 e. The van der Waals surface area contributed by atoms with Crippen LogP contribution in [0.5, 0.6) is 5.75 Å². The van der Waals surface area contributed by atoms with Gasteiger partial charge in [-0.25, -0.2) is 9.67 Å². The quantitative estimate of drug-likeness (QED) is 0.749. The van der Waals surface area contributed by atoms with E-state index in [0.29, 0.717) is 18.0 Å². The second-order valence-corrected chi connectivity index (χ2v) is 5.81. The number of aromatic nitrogens is 3. The highest BCUT2D eigenvalue weighted by Crippen LogP contribution is 2.27. The second-order valence-electron chi connectivity index (χ2n) is 5.81. The summed E-state index contributed by atoms with van der Waals surface area (Å²) in [4.78, 5) is 16.4. The minimum absolute atomic E-state index is 0.180. The lowest BCUT2D eigenvalue weighted by Crippen LogP contribution is -2.24. The monoisotopic (exact) mass is 336 g/mol. The van der Waals surface area contributed by atoms with Crippen molar-refractivity contribution < 1.29 is 9.53 Å². The zero-order valence-electron chi connectivity index (χ0n) is 14.2. The average Bonchev–Trinajstić information content (AvgIpc) is 3.16. The van der Waals surface area contributed by atoms with Crippen LogP contribution < -0.4 is 10.1 Å². The van der Waals surface area contributed by atoms with Crippen LogP contribution in [-0.4, -0.2) is 20.7 Å². The van der Waals surface area contributed by atoms with E-state index in [1.165, 1.54) is 17.3 Å². The Bertz CT molecular complexity index is 832. The predicted octanol–water partition coefficient (Wildman–Crippen LogP) is 3.37. The lowest BCUT2D eigenvalue weighted by Gasteiger charge is -2.16. The summed E-state index contributed by atoms with van der Waals surface area (Å²) in [5.74, 6) is 0.453. The standard InChI is InChI=1S/C19H20N4O2/c1-14-8-9-18(25-11-16-6-4-3-5-7-16)17(10-14)22-19(24)15(2)23-13-20-12-21-23/h3-10,12-13,15H,11H2,1-2H3,(H,22,24)/t15-/m0/s1. The van der Waals surface area contributed by atoms with Gasteiger partial charge >= 0.3 is 0 Å². The lowest BCUT2D eigenvalue weighted by molar-refractivity contribution is -0.119. The molecule has 1 heterocycles. The molecule has 25 heavy (non-hydrogen) atoms. The fourth-order valence-electron chi connectivity index (χ4n) is 2.38. The summed E-state index contributed by atoms with van der Waals surface area (Å²) in [7, 11) is 0. The van der Waals surface area contributed by atoms with E-state index in [-0.39, 0.29) is 5.91 Å². The van der Waals surface area contributed by atoms with E-state index < -0.39 is 6.04 Å². The molecule has 6 heteroatoms. The number of rotatable bonds is 6. The third-order valence-corrected chi connectivity index (χ3v) is 3.84.